The summed E-state index contributed by atoms with van der Waals surface area (Å²) in [7, 11) is 0. The molecule has 0 aliphatic heterocycles. The Balaban J connectivity index is 3.20. The molecule has 4 heteroatoms. The fourth-order valence-electron chi connectivity index (χ4n) is 0.515. The summed E-state index contributed by atoms with van der Waals surface area (Å²) in [4.78, 5) is 2.24. The van der Waals surface area contributed by atoms with E-state index in [9.17, 15) is 0 Å². The number of nitrogens with one attached hydrogen (secondary N) is 1. The van der Waals surface area contributed by atoms with Gasteiger partial charge in [0.1, 0.15) is 6.07 Å². The summed E-state index contributed by atoms with van der Waals surface area (Å²) in [5.74, 6) is -0.431. The highest BCUT2D eigenvalue weighted by Gasteiger charge is 2.02. The Kier molecular flexibility index (Phi) is 1.04. The fourth-order valence-corrected chi connectivity index (χ4v) is 0.515. The predicted molar refractivity (Wildman–Crippen MR) is 28.8 cm³/mol. The summed E-state index contributed by atoms with van der Waals surface area (Å²) in [5.41, 5.74) is -0.0208. The van der Waals surface area contributed by atoms with E-state index in [1.807, 2.05) is 0 Å². The molecule has 0 spiro atoms. The Bertz CT molecular complexity index is 258. The molecule has 46 valence electrons. The third-order valence-electron chi connectivity index (χ3n) is 0.894. The maximum absolute atomic E-state index is 8.72. The van der Waals surface area contributed by atoms with Crippen LogP contribution in [0.25, 0.3) is 0 Å². The number of aromatic nitrogens is 1. The van der Waals surface area contributed by atoms with Gasteiger partial charge in [0.05, 0.1) is 0 Å². The van der Waals surface area contributed by atoms with Crippen molar-refractivity contribution in [2.75, 3.05) is 0 Å². The molecule has 4 nitrogen and oxygen atoms in total. The summed E-state index contributed by atoms with van der Waals surface area (Å²) < 4.78 is 0. The molecule has 3 N–H and O–H groups in total. The Hall–Kier alpha value is -1.63. The molecule has 0 radical (unpaired) electrons. The minimum Gasteiger partial charge on any atom is -0.505 e. The lowest BCUT2D eigenvalue weighted by atomic mass is 10.4. The van der Waals surface area contributed by atoms with Crippen LogP contribution in [0.15, 0.2) is 6.07 Å². The molecule has 0 aliphatic rings. The molecule has 1 aromatic rings. The molecular formula is C5H4N2O2. The van der Waals surface area contributed by atoms with Gasteiger partial charge in [-0.05, 0) is 0 Å². The highest BCUT2D eigenvalue weighted by atomic mass is 16.3. The van der Waals surface area contributed by atoms with Gasteiger partial charge >= 0.3 is 0 Å². The summed E-state index contributed by atoms with van der Waals surface area (Å²) in [5, 5.41) is 25.5. The lowest BCUT2D eigenvalue weighted by Crippen LogP contribution is -1.69. The second kappa shape index (κ2) is 1.71. The molecule has 1 heterocycles. The van der Waals surface area contributed by atoms with E-state index >= 15 is 0 Å². The van der Waals surface area contributed by atoms with E-state index in [0.717, 1.165) is 6.07 Å². The van der Waals surface area contributed by atoms with E-state index in [0.29, 0.717) is 0 Å². The average molecular weight is 124 g/mol. The highest BCUT2D eigenvalue weighted by Crippen LogP contribution is 2.20. The van der Waals surface area contributed by atoms with Gasteiger partial charge < -0.3 is 15.2 Å². The zero-order chi connectivity index (χ0) is 6.85. The van der Waals surface area contributed by atoms with Gasteiger partial charge in [0.25, 0.3) is 0 Å². The summed E-state index contributed by atoms with van der Waals surface area (Å²) in [6.45, 7) is 0. The van der Waals surface area contributed by atoms with Crippen LogP contribution < -0.4 is 0 Å². The molecule has 0 unspecified atom stereocenters. The first-order chi connectivity index (χ1) is 4.24. The Morgan fingerprint density at radius 1 is 1.56 bits per heavy atom. The number of hydrogen-bond acceptors (Lipinski definition) is 3. The quantitative estimate of drug-likeness (QED) is 0.465. The lowest BCUT2D eigenvalue weighted by Gasteiger charge is -1.77. The number of aromatic hydroxyl groups is 2. The van der Waals surface area contributed by atoms with Crippen molar-refractivity contribution in [1.82, 2.24) is 4.98 Å². The third kappa shape index (κ3) is 0.795. The summed E-state index contributed by atoms with van der Waals surface area (Å²) >= 11 is 0. The van der Waals surface area contributed by atoms with E-state index in [1.165, 1.54) is 0 Å². The minimum atomic E-state index is -0.227. The molecule has 0 aromatic carbocycles. The maximum Gasteiger partial charge on any atom is 0.193 e. The van der Waals surface area contributed by atoms with Crippen molar-refractivity contribution in [3.8, 4) is 17.7 Å². The molecule has 0 saturated carbocycles. The smallest absolute Gasteiger partial charge is 0.193 e. The van der Waals surface area contributed by atoms with Crippen LogP contribution in [0.1, 0.15) is 5.69 Å². The standard InChI is InChI=1S/C5H4N2O2/c6-2-3-4(8)1-5(9)7-3/h1,7-9H. The van der Waals surface area contributed by atoms with E-state index in [1.54, 1.807) is 6.07 Å². The molecule has 0 bridgehead atoms. The zero-order valence-electron chi connectivity index (χ0n) is 4.42. The maximum atomic E-state index is 8.72. The van der Waals surface area contributed by atoms with E-state index < -0.39 is 0 Å². The van der Waals surface area contributed by atoms with E-state index in [2.05, 4.69) is 4.98 Å². The van der Waals surface area contributed by atoms with Gasteiger partial charge in [0, 0.05) is 6.07 Å². The third-order valence-corrected chi connectivity index (χ3v) is 0.894. The van der Waals surface area contributed by atoms with Crippen molar-refractivity contribution in [1.29, 1.82) is 5.26 Å². The molecule has 0 atom stereocenters. The molecule has 9 heavy (non-hydrogen) atoms. The summed E-state index contributed by atoms with van der Waals surface area (Å²) in [6, 6.07) is 2.72. The van der Waals surface area contributed by atoms with Crippen LogP contribution in [0.3, 0.4) is 0 Å². The number of H-pyrrole nitrogens is 1. The normalized spacial score (nSPS) is 8.78. The van der Waals surface area contributed by atoms with E-state index in [4.69, 9.17) is 15.5 Å². The van der Waals surface area contributed by atoms with Crippen LogP contribution >= 0.6 is 0 Å². The molecule has 0 fully saturated rings. The van der Waals surface area contributed by atoms with Gasteiger partial charge in [0.2, 0.25) is 0 Å². The number of nitriles is 1. The first-order valence-electron chi connectivity index (χ1n) is 2.25. The van der Waals surface area contributed by atoms with Gasteiger partial charge in [-0.1, -0.05) is 0 Å². The Morgan fingerprint density at radius 3 is 2.44 bits per heavy atom. The van der Waals surface area contributed by atoms with Crippen molar-refractivity contribution in [2.24, 2.45) is 0 Å². The van der Waals surface area contributed by atoms with Crippen molar-refractivity contribution in [3.63, 3.8) is 0 Å². The molecule has 1 aromatic heterocycles. The highest BCUT2D eigenvalue weighted by molar-refractivity contribution is 5.41. The first-order valence-corrected chi connectivity index (χ1v) is 2.25. The first kappa shape index (κ1) is 5.51. The van der Waals surface area contributed by atoms with Crippen LogP contribution in [0.5, 0.6) is 11.6 Å². The van der Waals surface area contributed by atoms with Gasteiger partial charge in [-0.2, -0.15) is 5.26 Å². The zero-order valence-corrected chi connectivity index (χ0v) is 4.42. The Morgan fingerprint density at radius 2 is 2.22 bits per heavy atom. The topological polar surface area (TPSA) is 80.0 Å². The Labute approximate surface area is 51.0 Å². The van der Waals surface area contributed by atoms with Crippen LogP contribution in [0.2, 0.25) is 0 Å². The van der Waals surface area contributed by atoms with Crippen molar-refractivity contribution >= 4 is 0 Å². The number of aromatic amines is 1. The lowest BCUT2D eigenvalue weighted by molar-refractivity contribution is 0.452. The number of hydrogen-bond donors (Lipinski definition) is 3. The largest absolute Gasteiger partial charge is 0.505 e. The molecule has 0 saturated heterocycles. The molecule has 0 aliphatic carbocycles. The van der Waals surface area contributed by atoms with Crippen molar-refractivity contribution in [3.05, 3.63) is 11.8 Å². The predicted octanol–water partition coefficient (Wildman–Crippen LogP) is 0.298. The average Bonchev–Trinajstić information content (AvgIpc) is 2.10. The monoisotopic (exact) mass is 124 g/mol. The van der Waals surface area contributed by atoms with E-state index in [-0.39, 0.29) is 17.3 Å². The van der Waals surface area contributed by atoms with Crippen LogP contribution in [0, 0.1) is 11.3 Å². The van der Waals surface area contributed by atoms with Gasteiger partial charge in [0.15, 0.2) is 17.3 Å². The van der Waals surface area contributed by atoms with Gasteiger partial charge in [-0.15, -0.1) is 0 Å². The van der Waals surface area contributed by atoms with Crippen LogP contribution in [0.4, 0.5) is 0 Å². The molecule has 1 rings (SSSR count). The van der Waals surface area contributed by atoms with Crippen LogP contribution in [-0.2, 0) is 0 Å². The van der Waals surface area contributed by atoms with Crippen molar-refractivity contribution < 1.29 is 10.2 Å². The molecular weight excluding hydrogens is 120 g/mol. The SMILES string of the molecule is N#Cc1[nH]c(O)cc1O. The number of rotatable bonds is 0. The fraction of sp³-hybridized carbons (Fsp3) is 0. The summed E-state index contributed by atoms with van der Waals surface area (Å²) in [6.07, 6.45) is 0. The van der Waals surface area contributed by atoms with Crippen molar-refractivity contribution in [2.45, 2.75) is 0 Å². The second-order valence-electron chi connectivity index (χ2n) is 1.53. The molecule has 0 amide bonds. The van der Waals surface area contributed by atoms with Crippen LogP contribution in [-0.4, -0.2) is 15.2 Å². The minimum absolute atomic E-state index is 0.0208. The number of nitrogens with zero attached hydrogens (tertiary/aromatic N) is 1. The van der Waals surface area contributed by atoms with Gasteiger partial charge in [-0.25, -0.2) is 0 Å². The second-order valence-corrected chi connectivity index (χ2v) is 1.53. The van der Waals surface area contributed by atoms with Gasteiger partial charge in [-0.3, -0.25) is 0 Å².